The van der Waals surface area contributed by atoms with Crippen LogP contribution in [0, 0.1) is 19.1 Å². The van der Waals surface area contributed by atoms with Crippen molar-refractivity contribution in [3.63, 3.8) is 0 Å². The number of esters is 1. The molecule has 24 heavy (non-hydrogen) atoms. The van der Waals surface area contributed by atoms with Crippen LogP contribution >= 0.6 is 0 Å². The van der Waals surface area contributed by atoms with Crippen molar-refractivity contribution < 1.29 is 18.8 Å². The van der Waals surface area contributed by atoms with Gasteiger partial charge in [0, 0.05) is 11.6 Å². The Balaban J connectivity index is 2.44. The number of carbonyl (C=O) groups excluding carboxylic acids is 1. The fraction of sp³-hybridized carbons (Fsp3) is 0.375. The second-order valence-corrected chi connectivity index (χ2v) is 5.06. The Hall–Kier alpha value is -2.74. The molecule has 0 unspecified atom stereocenters. The number of ether oxygens (including phenoxy) is 2. The molecule has 0 aliphatic carbocycles. The molecule has 8 nitrogen and oxygen atoms in total. The zero-order chi connectivity index (χ0) is 17.7. The molecule has 2 N–H and O–H groups in total. The van der Waals surface area contributed by atoms with Gasteiger partial charge in [0.25, 0.3) is 0 Å². The van der Waals surface area contributed by atoms with Crippen molar-refractivity contribution in [1.29, 1.82) is 0 Å². The number of hydrogen-bond acceptors (Lipinski definition) is 8. The number of nitrogens with zero attached hydrogens (tertiary/aromatic N) is 1. The number of benzene rings is 1. The lowest BCUT2D eigenvalue weighted by atomic mass is 10.0. The zero-order valence-electron chi connectivity index (χ0n) is 14.1. The van der Waals surface area contributed by atoms with Crippen molar-refractivity contribution in [3.05, 3.63) is 28.8 Å². The van der Waals surface area contributed by atoms with Gasteiger partial charge >= 0.3 is 5.97 Å². The lowest BCUT2D eigenvalue weighted by Gasteiger charge is -2.19. The molecule has 0 saturated carbocycles. The summed E-state index contributed by atoms with van der Waals surface area (Å²) in [6.07, 6.45) is 0. The van der Waals surface area contributed by atoms with E-state index in [1.807, 2.05) is 12.4 Å². The molecule has 8 heteroatoms. The Morgan fingerprint density at radius 2 is 2.08 bits per heavy atom. The number of aromatic nitrogens is 1. The molecule has 2 rings (SSSR count). The summed E-state index contributed by atoms with van der Waals surface area (Å²) in [5.41, 5.74) is 4.74. The average molecular weight is 334 g/mol. The summed E-state index contributed by atoms with van der Waals surface area (Å²) < 4.78 is 15.4. The molecule has 0 fully saturated rings. The molecule has 130 valence electrons. The fourth-order valence-electron chi connectivity index (χ4n) is 2.42. The van der Waals surface area contributed by atoms with E-state index in [0.29, 0.717) is 35.1 Å². The molecule has 0 aliphatic rings. The molecule has 0 amide bonds. The molecule has 0 saturated heterocycles. The van der Waals surface area contributed by atoms with Crippen LogP contribution in [0.3, 0.4) is 0 Å². The van der Waals surface area contributed by atoms with E-state index in [1.54, 1.807) is 26.0 Å². The molecule has 1 heterocycles. The van der Waals surface area contributed by atoms with Gasteiger partial charge in [-0.25, -0.2) is 0 Å². The third-order valence-corrected chi connectivity index (χ3v) is 3.48. The predicted octanol–water partition coefficient (Wildman–Crippen LogP) is 2.85. The Bertz CT molecular complexity index is 707. The predicted molar refractivity (Wildman–Crippen MR) is 90.1 cm³/mol. The van der Waals surface area contributed by atoms with E-state index in [9.17, 15) is 10.0 Å². The smallest absolute Gasteiger partial charge is 0.325 e. The topological polar surface area (TPSA) is 109 Å². The van der Waals surface area contributed by atoms with Gasteiger partial charge in [-0.15, -0.1) is 0 Å². The van der Waals surface area contributed by atoms with Crippen LogP contribution in [0.2, 0.25) is 0 Å². The van der Waals surface area contributed by atoms with Crippen LogP contribution < -0.4 is 15.5 Å². The standard InChI is InChI=1S/C16H20N3O5/c1-5-23-15(20)8-17-12-6-11(14(22-4)7-13(12)18-21)16-9(2)19-24-10(16)3/h6-7,17-18H,5,8H2,1-4H3/q-1. The van der Waals surface area contributed by atoms with Gasteiger partial charge in [0.05, 0.1) is 36.3 Å². The Labute approximate surface area is 139 Å². The van der Waals surface area contributed by atoms with Crippen LogP contribution in [0.15, 0.2) is 16.7 Å². The quantitative estimate of drug-likeness (QED) is 0.588. The number of methoxy groups -OCH3 is 1. The molecule has 1 aromatic carbocycles. The van der Waals surface area contributed by atoms with Gasteiger partial charge < -0.3 is 30.0 Å². The third-order valence-electron chi connectivity index (χ3n) is 3.48. The van der Waals surface area contributed by atoms with Crippen LogP contribution in [-0.4, -0.2) is 31.4 Å². The van der Waals surface area contributed by atoms with Crippen molar-refractivity contribution in [2.75, 3.05) is 31.1 Å². The zero-order valence-corrected chi connectivity index (χ0v) is 14.1. The van der Waals surface area contributed by atoms with Crippen molar-refractivity contribution in [3.8, 4) is 16.9 Å². The molecule has 0 bridgehead atoms. The van der Waals surface area contributed by atoms with Crippen LogP contribution in [-0.2, 0) is 9.53 Å². The largest absolute Gasteiger partial charge is 0.761 e. The first kappa shape index (κ1) is 17.6. The number of hydrogen-bond donors (Lipinski definition) is 2. The van der Waals surface area contributed by atoms with Crippen LogP contribution in [0.5, 0.6) is 5.75 Å². The lowest BCUT2D eigenvalue weighted by Crippen LogP contribution is -2.17. The number of aryl methyl sites for hydroxylation is 2. The molecule has 2 aromatic rings. The fourth-order valence-corrected chi connectivity index (χ4v) is 2.42. The second kappa shape index (κ2) is 7.69. The maximum atomic E-state index is 11.5. The summed E-state index contributed by atoms with van der Waals surface area (Å²) in [7, 11) is 1.51. The van der Waals surface area contributed by atoms with Gasteiger partial charge in [-0.2, -0.15) is 0 Å². The SMILES string of the molecule is CCOC(=O)CNc1cc(-c2c(C)noc2C)c(OC)cc1N[O-]. The van der Waals surface area contributed by atoms with Gasteiger partial charge in [0.1, 0.15) is 18.1 Å². The molecular formula is C16H20N3O5-. The number of carbonyl (C=O) groups is 1. The van der Waals surface area contributed by atoms with E-state index in [1.165, 1.54) is 7.11 Å². The highest BCUT2D eigenvalue weighted by molar-refractivity contribution is 5.86. The Morgan fingerprint density at radius 3 is 2.62 bits per heavy atom. The summed E-state index contributed by atoms with van der Waals surface area (Å²) >= 11 is 0. The summed E-state index contributed by atoms with van der Waals surface area (Å²) in [5.74, 6) is 0.707. The van der Waals surface area contributed by atoms with Crippen molar-refractivity contribution in [2.45, 2.75) is 20.8 Å². The molecule has 0 radical (unpaired) electrons. The van der Waals surface area contributed by atoms with Crippen molar-refractivity contribution in [1.82, 2.24) is 5.16 Å². The first-order chi connectivity index (χ1) is 11.5. The summed E-state index contributed by atoms with van der Waals surface area (Å²) in [4.78, 5) is 11.5. The van der Waals surface area contributed by atoms with Gasteiger partial charge in [-0.1, -0.05) is 5.16 Å². The third kappa shape index (κ3) is 3.60. The Morgan fingerprint density at radius 1 is 1.33 bits per heavy atom. The minimum Gasteiger partial charge on any atom is -0.761 e. The van der Waals surface area contributed by atoms with E-state index in [2.05, 4.69) is 10.5 Å². The molecule has 0 aliphatic heterocycles. The maximum absolute atomic E-state index is 11.5. The van der Waals surface area contributed by atoms with E-state index in [-0.39, 0.29) is 12.2 Å². The minimum atomic E-state index is -0.413. The number of anilines is 2. The van der Waals surface area contributed by atoms with E-state index < -0.39 is 5.97 Å². The molecule has 1 aromatic heterocycles. The van der Waals surface area contributed by atoms with E-state index >= 15 is 0 Å². The first-order valence-corrected chi connectivity index (χ1v) is 7.44. The van der Waals surface area contributed by atoms with Gasteiger partial charge in [-0.05, 0) is 26.8 Å². The van der Waals surface area contributed by atoms with E-state index in [4.69, 9.17) is 14.0 Å². The average Bonchev–Trinajstić information content (AvgIpc) is 2.91. The van der Waals surface area contributed by atoms with Gasteiger partial charge in [0.2, 0.25) is 0 Å². The minimum absolute atomic E-state index is 0.0596. The van der Waals surface area contributed by atoms with Crippen LogP contribution in [0.25, 0.3) is 11.1 Å². The van der Waals surface area contributed by atoms with Gasteiger partial charge in [-0.3, -0.25) is 4.79 Å². The van der Waals surface area contributed by atoms with Crippen LogP contribution in [0.1, 0.15) is 18.4 Å². The maximum Gasteiger partial charge on any atom is 0.325 e. The molecular weight excluding hydrogens is 314 g/mol. The highest BCUT2D eigenvalue weighted by atomic mass is 16.5. The highest BCUT2D eigenvalue weighted by Crippen LogP contribution is 2.40. The monoisotopic (exact) mass is 334 g/mol. The van der Waals surface area contributed by atoms with E-state index in [0.717, 1.165) is 5.56 Å². The molecule has 0 atom stereocenters. The number of rotatable bonds is 7. The second-order valence-electron chi connectivity index (χ2n) is 5.06. The number of nitrogens with one attached hydrogen (secondary N) is 2. The van der Waals surface area contributed by atoms with Crippen molar-refractivity contribution >= 4 is 17.3 Å². The summed E-state index contributed by atoms with van der Waals surface area (Å²) in [6, 6.07) is 3.27. The molecule has 0 spiro atoms. The first-order valence-electron chi connectivity index (χ1n) is 7.44. The van der Waals surface area contributed by atoms with Crippen LogP contribution in [0.4, 0.5) is 11.4 Å². The lowest BCUT2D eigenvalue weighted by molar-refractivity contribution is -0.140. The Kier molecular flexibility index (Phi) is 5.64. The highest BCUT2D eigenvalue weighted by Gasteiger charge is 2.18. The normalized spacial score (nSPS) is 10.4. The summed E-state index contributed by atoms with van der Waals surface area (Å²) in [5, 5.41) is 18.1. The summed E-state index contributed by atoms with van der Waals surface area (Å²) in [6.45, 7) is 5.57. The van der Waals surface area contributed by atoms with Gasteiger partial charge in [0.15, 0.2) is 0 Å². The van der Waals surface area contributed by atoms with Crippen molar-refractivity contribution in [2.24, 2.45) is 0 Å².